The summed E-state index contributed by atoms with van der Waals surface area (Å²) in [5, 5.41) is 13.8. The van der Waals surface area contributed by atoms with Crippen LogP contribution in [-0.4, -0.2) is 57.1 Å². The Kier molecular flexibility index (Phi) is 5.51. The molecule has 7 nitrogen and oxygen atoms in total. The van der Waals surface area contributed by atoms with Crippen molar-refractivity contribution in [1.82, 2.24) is 25.2 Å². The Balaban J connectivity index is 1.45. The van der Waals surface area contributed by atoms with Crippen molar-refractivity contribution < 1.29 is 0 Å². The van der Waals surface area contributed by atoms with E-state index < -0.39 is 0 Å². The maximum atomic E-state index is 9.06. The molecule has 7 heteroatoms. The van der Waals surface area contributed by atoms with Crippen molar-refractivity contribution >= 4 is 28.8 Å². The second-order valence-electron chi connectivity index (χ2n) is 8.57. The highest BCUT2D eigenvalue weighted by Gasteiger charge is 2.34. The summed E-state index contributed by atoms with van der Waals surface area (Å²) in [4.78, 5) is 19.0. The molecule has 5 rings (SSSR count). The number of piperidine rings is 1. The zero-order valence-corrected chi connectivity index (χ0v) is 17.9. The minimum Gasteiger partial charge on any atom is -0.352 e. The first-order valence-electron chi connectivity index (χ1n) is 11.2. The Morgan fingerprint density at radius 2 is 2.16 bits per heavy atom. The van der Waals surface area contributed by atoms with Crippen LogP contribution in [0.2, 0.25) is 0 Å². The number of nitrogens with zero attached hydrogens (tertiary/aromatic N) is 4. The monoisotopic (exact) mass is 415 g/mol. The highest BCUT2D eigenvalue weighted by Crippen LogP contribution is 2.28. The third kappa shape index (κ3) is 3.97. The quantitative estimate of drug-likeness (QED) is 0.446. The summed E-state index contributed by atoms with van der Waals surface area (Å²) in [5.74, 6) is 0.560. The Hall–Kier alpha value is -3.06. The standard InChI is InChI=1S/C24H29N7/c1-16-13-19-17(7-11-28-24(19)30-16)14-29-21-15-26-10-8-18(21)23(25)31-12-4-5-20-22(31)6-2-3-9-27-20/h7-8,10-11,13-15,20,22,25,27H,2-6,9,12H2,1H3,(H,28,30). The molecule has 0 bridgehead atoms. The molecule has 2 saturated heterocycles. The molecule has 0 amide bonds. The molecule has 3 aromatic rings. The van der Waals surface area contributed by atoms with Gasteiger partial charge in [0, 0.05) is 59.4 Å². The minimum absolute atomic E-state index is 0.386. The first-order valence-corrected chi connectivity index (χ1v) is 11.2. The minimum atomic E-state index is 0.386. The molecule has 2 fully saturated rings. The molecule has 0 spiro atoms. The van der Waals surface area contributed by atoms with Gasteiger partial charge in [0.2, 0.25) is 0 Å². The van der Waals surface area contributed by atoms with E-state index in [1.165, 1.54) is 19.3 Å². The van der Waals surface area contributed by atoms with Gasteiger partial charge in [-0.15, -0.1) is 0 Å². The Labute approximate surface area is 182 Å². The predicted octanol–water partition coefficient (Wildman–Crippen LogP) is 3.95. The van der Waals surface area contributed by atoms with Gasteiger partial charge < -0.3 is 15.2 Å². The smallest absolute Gasteiger partial charge is 0.138 e. The first kappa shape index (κ1) is 19.9. The molecule has 0 radical (unpaired) electrons. The fourth-order valence-electron chi connectivity index (χ4n) is 4.97. The van der Waals surface area contributed by atoms with E-state index in [0.717, 1.165) is 59.5 Å². The lowest BCUT2D eigenvalue weighted by atomic mass is 9.92. The van der Waals surface area contributed by atoms with Crippen LogP contribution in [0.4, 0.5) is 5.69 Å². The Morgan fingerprint density at radius 3 is 3.10 bits per heavy atom. The molecule has 2 aliphatic heterocycles. The van der Waals surface area contributed by atoms with Gasteiger partial charge in [-0.2, -0.15) is 0 Å². The SMILES string of the molecule is Cc1cc2c(C=Nc3cnccc3C(=N)N3CCCC4NCCCCC43)ccnc2[nH]1. The average molecular weight is 416 g/mol. The van der Waals surface area contributed by atoms with Crippen LogP contribution in [0.5, 0.6) is 0 Å². The number of aromatic nitrogens is 3. The van der Waals surface area contributed by atoms with Crippen LogP contribution in [0, 0.1) is 12.3 Å². The summed E-state index contributed by atoms with van der Waals surface area (Å²) < 4.78 is 0. The molecular formula is C24H29N7. The maximum Gasteiger partial charge on any atom is 0.138 e. The summed E-state index contributed by atoms with van der Waals surface area (Å²) >= 11 is 0. The lowest BCUT2D eigenvalue weighted by Crippen LogP contribution is -2.55. The molecule has 2 atom stereocenters. The molecule has 31 heavy (non-hydrogen) atoms. The number of aryl methyl sites for hydroxylation is 1. The van der Waals surface area contributed by atoms with Crippen LogP contribution in [-0.2, 0) is 0 Å². The summed E-state index contributed by atoms with van der Waals surface area (Å²) in [6.07, 6.45) is 13.1. The third-order valence-corrected chi connectivity index (χ3v) is 6.50. The highest BCUT2D eigenvalue weighted by atomic mass is 15.2. The van der Waals surface area contributed by atoms with Gasteiger partial charge in [-0.05, 0) is 57.4 Å². The summed E-state index contributed by atoms with van der Waals surface area (Å²) in [6, 6.07) is 6.84. The van der Waals surface area contributed by atoms with Gasteiger partial charge in [0.15, 0.2) is 0 Å². The Morgan fingerprint density at radius 1 is 1.23 bits per heavy atom. The number of rotatable bonds is 3. The first-order chi connectivity index (χ1) is 15.2. The highest BCUT2D eigenvalue weighted by molar-refractivity contribution is 6.03. The van der Waals surface area contributed by atoms with Gasteiger partial charge in [0.05, 0.1) is 11.9 Å². The number of aliphatic imine (C=N–C) groups is 1. The summed E-state index contributed by atoms with van der Waals surface area (Å²) in [6.45, 7) is 4.05. The van der Waals surface area contributed by atoms with E-state index >= 15 is 0 Å². The van der Waals surface area contributed by atoms with Crippen molar-refractivity contribution in [3.8, 4) is 0 Å². The van der Waals surface area contributed by atoms with E-state index in [1.807, 2.05) is 25.3 Å². The van der Waals surface area contributed by atoms with Crippen molar-refractivity contribution in [2.45, 2.75) is 51.1 Å². The van der Waals surface area contributed by atoms with Crippen molar-refractivity contribution in [1.29, 1.82) is 5.41 Å². The van der Waals surface area contributed by atoms with Crippen LogP contribution in [0.1, 0.15) is 48.9 Å². The Bertz CT molecular complexity index is 1120. The van der Waals surface area contributed by atoms with E-state index in [4.69, 9.17) is 10.4 Å². The van der Waals surface area contributed by atoms with E-state index in [-0.39, 0.29) is 0 Å². The van der Waals surface area contributed by atoms with Crippen molar-refractivity contribution in [3.63, 3.8) is 0 Å². The normalized spacial score (nSPS) is 21.9. The van der Waals surface area contributed by atoms with E-state index in [0.29, 0.717) is 17.9 Å². The van der Waals surface area contributed by atoms with Gasteiger partial charge in [0.1, 0.15) is 11.5 Å². The average Bonchev–Trinajstić information content (AvgIpc) is 3.02. The number of aromatic amines is 1. The second-order valence-corrected chi connectivity index (χ2v) is 8.57. The molecule has 5 heterocycles. The number of H-pyrrole nitrogens is 1. The number of pyridine rings is 2. The van der Waals surface area contributed by atoms with Gasteiger partial charge >= 0.3 is 0 Å². The van der Waals surface area contributed by atoms with Crippen molar-refractivity contribution in [2.24, 2.45) is 4.99 Å². The molecule has 2 aliphatic rings. The number of nitrogens with one attached hydrogen (secondary N) is 3. The van der Waals surface area contributed by atoms with Crippen molar-refractivity contribution in [2.75, 3.05) is 13.1 Å². The third-order valence-electron chi connectivity index (χ3n) is 6.50. The van der Waals surface area contributed by atoms with E-state index in [2.05, 4.69) is 31.2 Å². The van der Waals surface area contributed by atoms with E-state index in [9.17, 15) is 0 Å². The molecule has 2 unspecified atom stereocenters. The molecular weight excluding hydrogens is 386 g/mol. The van der Waals surface area contributed by atoms with Crippen LogP contribution in [0.25, 0.3) is 11.0 Å². The largest absolute Gasteiger partial charge is 0.352 e. The van der Waals surface area contributed by atoms with Gasteiger partial charge in [0.25, 0.3) is 0 Å². The van der Waals surface area contributed by atoms with Crippen LogP contribution in [0.15, 0.2) is 41.8 Å². The van der Waals surface area contributed by atoms with Crippen LogP contribution in [0.3, 0.4) is 0 Å². The number of hydrogen-bond acceptors (Lipinski definition) is 5. The topological polar surface area (TPSA) is 93.1 Å². The molecule has 0 aliphatic carbocycles. The predicted molar refractivity (Wildman–Crippen MR) is 125 cm³/mol. The van der Waals surface area contributed by atoms with Crippen LogP contribution < -0.4 is 5.32 Å². The lowest BCUT2D eigenvalue weighted by Gasteiger charge is -2.42. The summed E-state index contributed by atoms with van der Waals surface area (Å²) in [5.41, 5.74) is 4.51. The fourth-order valence-corrected chi connectivity index (χ4v) is 4.97. The number of fused-ring (bicyclic) bond motifs is 2. The number of amidine groups is 1. The van der Waals surface area contributed by atoms with Gasteiger partial charge in [-0.1, -0.05) is 6.42 Å². The number of hydrogen-bond donors (Lipinski definition) is 3. The molecule has 3 aromatic heterocycles. The molecule has 3 N–H and O–H groups in total. The van der Waals surface area contributed by atoms with Gasteiger partial charge in [-0.25, -0.2) is 4.98 Å². The van der Waals surface area contributed by atoms with Gasteiger partial charge in [-0.3, -0.25) is 15.4 Å². The zero-order valence-electron chi connectivity index (χ0n) is 17.9. The number of likely N-dealkylation sites (tertiary alicyclic amines) is 1. The van der Waals surface area contributed by atoms with Crippen LogP contribution >= 0.6 is 0 Å². The zero-order chi connectivity index (χ0) is 21.2. The maximum absolute atomic E-state index is 9.06. The van der Waals surface area contributed by atoms with E-state index in [1.54, 1.807) is 18.6 Å². The lowest BCUT2D eigenvalue weighted by molar-refractivity contribution is 0.186. The summed E-state index contributed by atoms with van der Waals surface area (Å²) in [7, 11) is 0. The fraction of sp³-hybridized carbons (Fsp3) is 0.417. The molecule has 0 saturated carbocycles. The molecule has 160 valence electrons. The molecule has 0 aromatic carbocycles. The van der Waals surface area contributed by atoms with Crippen molar-refractivity contribution in [3.05, 3.63) is 53.6 Å². The second kappa shape index (κ2) is 8.59.